The van der Waals surface area contributed by atoms with Gasteiger partial charge in [-0.1, -0.05) is 58.4 Å². The Morgan fingerprint density at radius 1 is 1.07 bits per heavy atom. The molecule has 3 heterocycles. The maximum Gasteiger partial charge on any atom is 0.352 e. The number of carbonyl (C=O) groups excluding carboxylic acids is 2. The number of rotatable bonds is 5. The fourth-order valence-corrected chi connectivity index (χ4v) is 7.43. The van der Waals surface area contributed by atoms with Crippen LogP contribution >= 0.6 is 39.1 Å². The number of hydrogen-bond donors (Lipinski definition) is 1. The van der Waals surface area contributed by atoms with E-state index in [1.165, 1.54) is 22.5 Å². The zero-order valence-electron chi connectivity index (χ0n) is 21.5. The molecule has 2 aromatic carbocycles. The number of aromatic nitrogens is 3. The van der Waals surface area contributed by atoms with Gasteiger partial charge in [-0.25, -0.2) is 23.5 Å². The number of hydrogen-bond acceptors (Lipinski definition) is 6. The second-order valence-corrected chi connectivity index (χ2v) is 11.8. The molecule has 3 aliphatic rings. The molecule has 1 aliphatic carbocycles. The van der Waals surface area contributed by atoms with Gasteiger partial charge in [0.1, 0.15) is 0 Å². The van der Waals surface area contributed by atoms with Crippen LogP contribution in [0.4, 0.5) is 0 Å². The lowest BCUT2D eigenvalue weighted by Crippen LogP contribution is -2.60. The van der Waals surface area contributed by atoms with Crippen molar-refractivity contribution in [1.82, 2.24) is 18.8 Å². The Morgan fingerprint density at radius 2 is 1.80 bits per heavy atom. The fraction of sp³-hybridized carbons (Fsp3) is 0.286. The molecule has 13 heteroatoms. The molecule has 4 unspecified atom stereocenters. The van der Waals surface area contributed by atoms with Gasteiger partial charge in [0.15, 0.2) is 21.2 Å². The van der Waals surface area contributed by atoms with Crippen LogP contribution in [0.5, 0.6) is 11.5 Å². The van der Waals surface area contributed by atoms with E-state index in [1.54, 1.807) is 60.7 Å². The summed E-state index contributed by atoms with van der Waals surface area (Å²) in [7, 11) is 1.42. The molecule has 2 fully saturated rings. The standard InChI is InChI=1S/C28H23BrCl2N4O6/c1-41-22-13-16(8-10-21(22)36)7-9-19-18-11-12-33-25(39)34(17-5-3-2-4-6-17)26(40)35(33)20(18)14-27(30)23(37)32(15-29)24(38)28(19,27)31/h2-11,13,19-20,36H,12,14-15H2,1H3. The van der Waals surface area contributed by atoms with Crippen LogP contribution in [0.2, 0.25) is 0 Å². The maximum atomic E-state index is 13.8. The molecule has 0 spiro atoms. The lowest BCUT2D eigenvalue weighted by atomic mass is 9.66. The van der Waals surface area contributed by atoms with Crippen molar-refractivity contribution in [2.45, 2.75) is 28.8 Å². The van der Waals surface area contributed by atoms with Gasteiger partial charge in [-0.3, -0.25) is 14.5 Å². The highest BCUT2D eigenvalue weighted by Crippen LogP contribution is 2.60. The number of halogens is 3. The van der Waals surface area contributed by atoms with Gasteiger partial charge in [0.25, 0.3) is 11.8 Å². The number of amides is 2. The molecule has 1 saturated carbocycles. The van der Waals surface area contributed by atoms with Crippen LogP contribution in [0.15, 0.2) is 75.8 Å². The summed E-state index contributed by atoms with van der Waals surface area (Å²) in [5.74, 6) is -2.08. The van der Waals surface area contributed by atoms with Gasteiger partial charge in [-0.15, -0.1) is 23.2 Å². The van der Waals surface area contributed by atoms with E-state index in [-0.39, 0.29) is 29.9 Å². The predicted octanol–water partition coefficient (Wildman–Crippen LogP) is 3.41. The van der Waals surface area contributed by atoms with Gasteiger partial charge in [-0.05, 0) is 35.4 Å². The number of methoxy groups -OCH3 is 1. The van der Waals surface area contributed by atoms with Gasteiger partial charge >= 0.3 is 11.4 Å². The number of benzene rings is 2. The Kier molecular flexibility index (Phi) is 6.59. The first-order valence-electron chi connectivity index (χ1n) is 12.6. The van der Waals surface area contributed by atoms with E-state index in [2.05, 4.69) is 15.9 Å². The van der Waals surface area contributed by atoms with Crippen molar-refractivity contribution in [2.24, 2.45) is 5.92 Å². The third-order valence-corrected chi connectivity index (χ3v) is 9.97. The van der Waals surface area contributed by atoms with Crippen molar-refractivity contribution in [2.75, 3.05) is 12.6 Å². The minimum atomic E-state index is -1.92. The first-order chi connectivity index (χ1) is 19.6. The van der Waals surface area contributed by atoms with Crippen LogP contribution in [-0.4, -0.2) is 58.1 Å². The zero-order chi connectivity index (χ0) is 29.3. The van der Waals surface area contributed by atoms with Gasteiger partial charge < -0.3 is 9.84 Å². The number of likely N-dealkylation sites (tertiary alicyclic amines) is 1. The summed E-state index contributed by atoms with van der Waals surface area (Å²) in [6, 6.07) is 12.4. The molecule has 2 amide bonds. The number of para-hydroxylation sites is 1. The number of aromatic hydroxyl groups is 1. The second kappa shape index (κ2) is 9.78. The molecule has 1 aromatic heterocycles. The Labute approximate surface area is 251 Å². The van der Waals surface area contributed by atoms with Gasteiger partial charge in [0, 0.05) is 12.3 Å². The number of phenols is 1. The van der Waals surface area contributed by atoms with E-state index in [0.717, 1.165) is 9.47 Å². The topological polar surface area (TPSA) is 116 Å². The summed E-state index contributed by atoms with van der Waals surface area (Å²) in [6.45, 7) is 0.0453. The van der Waals surface area contributed by atoms with Crippen molar-refractivity contribution >= 4 is 57.0 Å². The number of phenolic OH excluding ortho intramolecular Hbond substituents is 1. The molecule has 2 aliphatic heterocycles. The minimum Gasteiger partial charge on any atom is -0.504 e. The second-order valence-electron chi connectivity index (χ2n) is 10.0. The van der Waals surface area contributed by atoms with Gasteiger partial charge in [0.2, 0.25) is 0 Å². The largest absolute Gasteiger partial charge is 0.504 e. The summed E-state index contributed by atoms with van der Waals surface area (Å²) >= 11 is 17.5. The highest BCUT2D eigenvalue weighted by atomic mass is 79.9. The third-order valence-electron chi connectivity index (χ3n) is 8.04. The molecule has 41 heavy (non-hydrogen) atoms. The number of nitrogens with zero attached hydrogens (tertiary/aromatic N) is 4. The third kappa shape index (κ3) is 3.75. The Hall–Kier alpha value is -3.54. The summed E-state index contributed by atoms with van der Waals surface area (Å²) < 4.78 is 8.89. The Bertz CT molecular complexity index is 1780. The quantitative estimate of drug-likeness (QED) is 0.194. The van der Waals surface area contributed by atoms with Crippen LogP contribution in [0, 0.1) is 5.92 Å². The number of fused-ring (bicyclic) bond motifs is 4. The number of ether oxygens (including phenoxy) is 1. The lowest BCUT2D eigenvalue weighted by Gasteiger charge is -2.47. The van der Waals surface area contributed by atoms with Crippen molar-refractivity contribution in [1.29, 1.82) is 0 Å². The molecule has 6 rings (SSSR count). The highest BCUT2D eigenvalue weighted by molar-refractivity contribution is 9.09. The molecular formula is C28H23BrCl2N4O6. The van der Waals surface area contributed by atoms with Crippen molar-refractivity contribution < 1.29 is 19.4 Å². The number of alkyl halides is 3. The van der Waals surface area contributed by atoms with Crippen LogP contribution in [0.3, 0.4) is 0 Å². The van der Waals surface area contributed by atoms with Crippen LogP contribution in [0.25, 0.3) is 11.8 Å². The van der Waals surface area contributed by atoms with Crippen molar-refractivity contribution in [3.63, 3.8) is 0 Å². The molecule has 212 valence electrons. The van der Waals surface area contributed by atoms with Crippen LogP contribution in [0.1, 0.15) is 18.0 Å². The van der Waals surface area contributed by atoms with Gasteiger partial charge in [0.05, 0.1) is 30.8 Å². The molecule has 10 nitrogen and oxygen atoms in total. The molecule has 0 bridgehead atoms. The predicted molar refractivity (Wildman–Crippen MR) is 156 cm³/mol. The van der Waals surface area contributed by atoms with Crippen LogP contribution in [-0.2, 0) is 16.1 Å². The SMILES string of the molecule is COc1cc(C=CC2C3=CCn4c(=O)n(-c5ccccc5)c(=O)n4C3CC3(Cl)C(=O)N(CBr)C(=O)C23Cl)ccc1O. The minimum absolute atomic E-state index is 0.0453. The first kappa shape index (κ1) is 27.6. The van der Waals surface area contributed by atoms with E-state index in [9.17, 15) is 24.3 Å². The lowest BCUT2D eigenvalue weighted by molar-refractivity contribution is -0.138. The van der Waals surface area contributed by atoms with E-state index in [0.29, 0.717) is 16.8 Å². The molecule has 0 radical (unpaired) electrons. The maximum absolute atomic E-state index is 13.8. The summed E-state index contributed by atoms with van der Waals surface area (Å²) in [5.41, 5.74) is 0.358. The average molecular weight is 662 g/mol. The number of imide groups is 1. The molecule has 1 saturated heterocycles. The van der Waals surface area contributed by atoms with E-state index in [1.807, 2.05) is 0 Å². The zero-order valence-corrected chi connectivity index (χ0v) is 24.6. The number of allylic oxidation sites excluding steroid dienone is 3. The van der Waals surface area contributed by atoms with E-state index >= 15 is 0 Å². The fourth-order valence-electron chi connectivity index (χ4n) is 6.06. The Morgan fingerprint density at radius 3 is 2.49 bits per heavy atom. The van der Waals surface area contributed by atoms with Gasteiger partial charge in [-0.2, -0.15) is 0 Å². The smallest absolute Gasteiger partial charge is 0.352 e. The molecule has 4 atom stereocenters. The van der Waals surface area contributed by atoms with Crippen molar-refractivity contribution in [3.8, 4) is 17.2 Å². The van der Waals surface area contributed by atoms with E-state index < -0.39 is 44.9 Å². The Balaban J connectivity index is 1.54. The van der Waals surface area contributed by atoms with Crippen LogP contribution < -0.4 is 16.1 Å². The highest BCUT2D eigenvalue weighted by Gasteiger charge is 2.74. The first-order valence-corrected chi connectivity index (χ1v) is 14.5. The normalized spacial score (nSPS) is 27.0. The summed E-state index contributed by atoms with van der Waals surface area (Å²) in [4.78, 5) is 51.7. The van der Waals surface area contributed by atoms with Crippen molar-refractivity contribution in [3.05, 3.63) is 92.8 Å². The summed E-state index contributed by atoms with van der Waals surface area (Å²) in [6.07, 6.45) is 4.94. The number of carbonyl (C=O) groups is 2. The molecular weight excluding hydrogens is 639 g/mol. The summed E-state index contributed by atoms with van der Waals surface area (Å²) in [5, 5.41) is 10.00. The molecule has 3 aromatic rings. The molecule has 1 N–H and O–H groups in total. The monoisotopic (exact) mass is 660 g/mol. The average Bonchev–Trinajstić information content (AvgIpc) is 3.31. The van der Waals surface area contributed by atoms with E-state index in [4.69, 9.17) is 27.9 Å².